The lowest BCUT2D eigenvalue weighted by molar-refractivity contribution is 0.214. The zero-order valence-electron chi connectivity index (χ0n) is 15.1. The number of rotatable bonds is 6. The summed E-state index contributed by atoms with van der Waals surface area (Å²) in [6.07, 6.45) is -0.207. The van der Waals surface area contributed by atoms with Gasteiger partial charge in [0.25, 0.3) is 8.32 Å². The molecule has 0 aliphatic heterocycles. The van der Waals surface area contributed by atoms with E-state index in [1.165, 1.54) is 10.4 Å². The number of aliphatic hydroxyl groups excluding tert-OH is 1. The average molecular weight is 341 g/mol. The van der Waals surface area contributed by atoms with Gasteiger partial charge in [0.15, 0.2) is 0 Å². The summed E-state index contributed by atoms with van der Waals surface area (Å²) >= 11 is 0. The fraction of sp³-hybridized carbons (Fsp3) is 0.333. The molecule has 24 heavy (non-hydrogen) atoms. The van der Waals surface area contributed by atoms with Crippen LogP contribution in [0.3, 0.4) is 0 Å². The van der Waals surface area contributed by atoms with Crippen molar-refractivity contribution in [3.8, 4) is 0 Å². The van der Waals surface area contributed by atoms with Crippen molar-refractivity contribution >= 4 is 18.7 Å². The Morgan fingerprint density at radius 2 is 1.42 bits per heavy atom. The topological polar surface area (TPSA) is 29.5 Å². The molecule has 0 spiro atoms. The number of benzene rings is 2. The Hall–Kier alpha value is -1.68. The third kappa shape index (κ3) is 3.53. The Labute approximate surface area is 146 Å². The van der Waals surface area contributed by atoms with E-state index in [4.69, 9.17) is 4.43 Å². The second-order valence-corrected chi connectivity index (χ2v) is 11.5. The molecular formula is C21H28O2Si. The molecule has 0 saturated heterocycles. The van der Waals surface area contributed by atoms with Gasteiger partial charge in [-0.2, -0.15) is 0 Å². The van der Waals surface area contributed by atoms with Crippen LogP contribution in [0.2, 0.25) is 5.04 Å². The van der Waals surface area contributed by atoms with Gasteiger partial charge in [0.1, 0.15) is 0 Å². The highest BCUT2D eigenvalue weighted by atomic mass is 28.4. The molecule has 0 bridgehead atoms. The van der Waals surface area contributed by atoms with Gasteiger partial charge in [-0.3, -0.25) is 0 Å². The van der Waals surface area contributed by atoms with E-state index in [9.17, 15) is 5.11 Å². The van der Waals surface area contributed by atoms with E-state index < -0.39 is 8.32 Å². The van der Waals surface area contributed by atoms with Crippen molar-refractivity contribution in [2.45, 2.75) is 38.8 Å². The first-order valence-corrected chi connectivity index (χ1v) is 10.3. The molecule has 0 unspecified atom stereocenters. The minimum atomic E-state index is -2.56. The van der Waals surface area contributed by atoms with E-state index in [1.54, 1.807) is 0 Å². The summed E-state index contributed by atoms with van der Waals surface area (Å²) in [5, 5.41) is 11.9. The lowest BCUT2D eigenvalue weighted by atomic mass is 10.2. The maximum Gasteiger partial charge on any atom is 0.261 e. The predicted octanol–water partition coefficient (Wildman–Crippen LogP) is 3.50. The van der Waals surface area contributed by atoms with Gasteiger partial charge in [-0.25, -0.2) is 0 Å². The Bertz CT molecular complexity index is 620. The van der Waals surface area contributed by atoms with Crippen molar-refractivity contribution in [2.75, 3.05) is 6.61 Å². The summed E-state index contributed by atoms with van der Waals surface area (Å²) < 4.78 is 6.81. The van der Waals surface area contributed by atoms with Crippen molar-refractivity contribution < 1.29 is 9.53 Å². The molecule has 0 heterocycles. The third-order valence-corrected chi connectivity index (χ3v) is 9.66. The van der Waals surface area contributed by atoms with Crippen LogP contribution in [0.4, 0.5) is 0 Å². The largest absolute Gasteiger partial charge is 0.401 e. The number of hydrogen-bond acceptors (Lipinski definition) is 2. The van der Waals surface area contributed by atoms with Gasteiger partial charge in [0.2, 0.25) is 0 Å². The summed E-state index contributed by atoms with van der Waals surface area (Å²) in [5.74, 6) is 0. The van der Waals surface area contributed by atoms with Crippen molar-refractivity contribution in [2.24, 2.45) is 0 Å². The minimum Gasteiger partial charge on any atom is -0.401 e. The Balaban J connectivity index is 2.68. The van der Waals surface area contributed by atoms with Gasteiger partial charge in [-0.05, 0) is 27.9 Å². The van der Waals surface area contributed by atoms with Crippen LogP contribution in [0.15, 0.2) is 72.8 Å². The highest BCUT2D eigenvalue weighted by Crippen LogP contribution is 2.37. The minimum absolute atomic E-state index is 0.0562. The first-order chi connectivity index (χ1) is 11.3. The lowest BCUT2D eigenvalue weighted by Crippen LogP contribution is -2.67. The molecule has 128 valence electrons. The zero-order valence-corrected chi connectivity index (χ0v) is 16.1. The summed E-state index contributed by atoms with van der Waals surface area (Å²) in [4.78, 5) is 0. The van der Waals surface area contributed by atoms with Crippen LogP contribution in [-0.4, -0.2) is 26.1 Å². The quantitative estimate of drug-likeness (QED) is 0.644. The summed E-state index contributed by atoms with van der Waals surface area (Å²) in [6.45, 7) is 12.6. The van der Waals surface area contributed by atoms with E-state index in [0.29, 0.717) is 5.57 Å². The molecule has 0 aromatic heterocycles. The van der Waals surface area contributed by atoms with Crippen LogP contribution < -0.4 is 10.4 Å². The molecule has 3 heteroatoms. The van der Waals surface area contributed by atoms with Crippen molar-refractivity contribution in [3.05, 3.63) is 72.8 Å². The normalized spacial score (nSPS) is 13.5. The van der Waals surface area contributed by atoms with Crippen LogP contribution in [0.25, 0.3) is 0 Å². The fourth-order valence-corrected chi connectivity index (χ4v) is 7.88. The standard InChI is InChI=1S/C21H28O2Si/c1-17(16-22)18(2)23-24(21(3,4)5,19-12-8-6-9-13-19)20-14-10-7-11-15-20/h6-15,18,22H,1,16H2,2-5H3/t18-/m0/s1. The van der Waals surface area contributed by atoms with Crippen molar-refractivity contribution in [3.63, 3.8) is 0 Å². The molecule has 2 aromatic rings. The van der Waals surface area contributed by atoms with Gasteiger partial charge in [-0.15, -0.1) is 0 Å². The first kappa shape index (κ1) is 18.7. The average Bonchev–Trinajstić information content (AvgIpc) is 2.59. The Morgan fingerprint density at radius 3 is 1.75 bits per heavy atom. The van der Waals surface area contributed by atoms with E-state index in [1.807, 2.05) is 19.1 Å². The molecule has 0 saturated carbocycles. The van der Waals surface area contributed by atoms with Crippen LogP contribution in [0.1, 0.15) is 27.7 Å². The molecule has 0 radical (unpaired) electrons. The van der Waals surface area contributed by atoms with Gasteiger partial charge in [0, 0.05) is 0 Å². The van der Waals surface area contributed by atoms with Crippen LogP contribution in [-0.2, 0) is 4.43 Å². The number of aliphatic hydroxyl groups is 1. The smallest absolute Gasteiger partial charge is 0.261 e. The molecule has 2 nitrogen and oxygen atoms in total. The predicted molar refractivity (Wildman–Crippen MR) is 104 cm³/mol. The fourth-order valence-electron chi connectivity index (χ4n) is 3.17. The van der Waals surface area contributed by atoms with Gasteiger partial charge < -0.3 is 9.53 Å². The molecule has 2 aromatic carbocycles. The van der Waals surface area contributed by atoms with E-state index >= 15 is 0 Å². The molecule has 0 amide bonds. The molecule has 1 N–H and O–H groups in total. The molecule has 0 aliphatic carbocycles. The highest BCUT2D eigenvalue weighted by molar-refractivity contribution is 6.99. The molecule has 1 atom stereocenters. The van der Waals surface area contributed by atoms with Gasteiger partial charge in [0.05, 0.1) is 12.7 Å². The van der Waals surface area contributed by atoms with Crippen molar-refractivity contribution in [1.82, 2.24) is 0 Å². The third-order valence-electron chi connectivity index (χ3n) is 4.55. The zero-order chi connectivity index (χ0) is 17.8. The molecular weight excluding hydrogens is 312 g/mol. The summed E-state index contributed by atoms with van der Waals surface area (Å²) in [7, 11) is -2.56. The Morgan fingerprint density at radius 1 is 1.00 bits per heavy atom. The maximum atomic E-state index is 9.48. The second-order valence-electron chi connectivity index (χ2n) is 7.24. The Kier molecular flexibility index (Phi) is 5.81. The molecule has 0 aliphatic rings. The van der Waals surface area contributed by atoms with Crippen LogP contribution >= 0.6 is 0 Å². The van der Waals surface area contributed by atoms with Crippen molar-refractivity contribution in [1.29, 1.82) is 0 Å². The SMILES string of the molecule is C=C(CO)[C@H](C)O[Si](c1ccccc1)(c1ccccc1)C(C)(C)C. The first-order valence-electron chi connectivity index (χ1n) is 8.40. The summed E-state index contributed by atoms with van der Waals surface area (Å²) in [5.41, 5.74) is 0.711. The van der Waals surface area contributed by atoms with Gasteiger partial charge in [-0.1, -0.05) is 88.0 Å². The van der Waals surface area contributed by atoms with Crippen LogP contribution in [0, 0.1) is 0 Å². The van der Waals surface area contributed by atoms with Crippen LogP contribution in [0.5, 0.6) is 0 Å². The van der Waals surface area contributed by atoms with E-state index in [-0.39, 0.29) is 17.7 Å². The monoisotopic (exact) mass is 340 g/mol. The number of hydrogen-bond donors (Lipinski definition) is 1. The molecule has 2 rings (SSSR count). The highest BCUT2D eigenvalue weighted by Gasteiger charge is 2.51. The summed E-state index contributed by atoms with van der Waals surface area (Å²) in [6, 6.07) is 21.0. The lowest BCUT2D eigenvalue weighted by Gasteiger charge is -2.44. The van der Waals surface area contributed by atoms with E-state index in [0.717, 1.165) is 0 Å². The molecule has 0 fully saturated rings. The second kappa shape index (κ2) is 7.47. The van der Waals surface area contributed by atoms with Gasteiger partial charge >= 0.3 is 0 Å². The maximum absolute atomic E-state index is 9.48. The van der Waals surface area contributed by atoms with E-state index in [2.05, 4.69) is 75.9 Å².